The summed E-state index contributed by atoms with van der Waals surface area (Å²) in [5.41, 5.74) is 3.19. The molecule has 2 rings (SSSR count). The molecule has 8 nitrogen and oxygen atoms in total. The van der Waals surface area contributed by atoms with Crippen molar-refractivity contribution in [2.45, 2.75) is 13.5 Å². The summed E-state index contributed by atoms with van der Waals surface area (Å²) in [7, 11) is 0. The fraction of sp³-hybridized carbons (Fsp3) is 0.167. The number of amides is 1. The van der Waals surface area contributed by atoms with E-state index in [1.54, 1.807) is 0 Å². The highest BCUT2D eigenvalue weighted by Gasteiger charge is 2.17. The quantitative estimate of drug-likeness (QED) is 0.438. The van der Waals surface area contributed by atoms with Crippen LogP contribution in [0.15, 0.2) is 23.6 Å². The average molecular weight is 307 g/mol. The Balaban J connectivity index is 2.12. The highest BCUT2D eigenvalue weighted by molar-refractivity contribution is 7.09. The minimum absolute atomic E-state index is 0.145. The van der Waals surface area contributed by atoms with Crippen molar-refractivity contribution in [1.29, 1.82) is 0 Å². The van der Waals surface area contributed by atoms with Gasteiger partial charge in [-0.15, -0.1) is 11.3 Å². The molecular formula is C12H13N5O3S. The summed E-state index contributed by atoms with van der Waals surface area (Å²) < 4.78 is 0. The van der Waals surface area contributed by atoms with E-state index < -0.39 is 10.8 Å². The summed E-state index contributed by atoms with van der Waals surface area (Å²) >= 11 is 1.44. The van der Waals surface area contributed by atoms with Crippen LogP contribution in [0.5, 0.6) is 0 Å². The smallest absolute Gasteiger partial charge is 0.294 e. The molecule has 1 aromatic heterocycles. The van der Waals surface area contributed by atoms with Crippen LogP contribution in [0.4, 0.5) is 11.4 Å². The Kier molecular flexibility index (Phi) is 4.45. The number of thiazole rings is 1. The summed E-state index contributed by atoms with van der Waals surface area (Å²) in [5, 5.41) is 16.2. The molecule has 1 aromatic carbocycles. The molecule has 0 aliphatic heterocycles. The number of carbonyl (C=O) groups is 1. The molecule has 1 heterocycles. The zero-order valence-corrected chi connectivity index (χ0v) is 11.9. The first-order valence-electron chi connectivity index (χ1n) is 5.95. The minimum Gasteiger partial charge on any atom is -0.346 e. The van der Waals surface area contributed by atoms with Gasteiger partial charge in [0.05, 0.1) is 11.5 Å². The maximum Gasteiger partial charge on any atom is 0.294 e. The predicted octanol–water partition coefficient (Wildman–Crippen LogP) is 1.58. The summed E-state index contributed by atoms with van der Waals surface area (Å²) in [6, 6.07) is 4.03. The van der Waals surface area contributed by atoms with Crippen molar-refractivity contribution in [2.24, 2.45) is 5.84 Å². The van der Waals surface area contributed by atoms with Gasteiger partial charge in [0, 0.05) is 22.7 Å². The third-order valence-electron chi connectivity index (χ3n) is 2.68. The number of nitro groups is 1. The number of aromatic nitrogens is 1. The molecule has 0 spiro atoms. The van der Waals surface area contributed by atoms with Crippen LogP contribution in [0.25, 0.3) is 0 Å². The molecule has 0 saturated carbocycles. The normalized spacial score (nSPS) is 10.2. The number of nitrogen functional groups attached to an aromatic ring is 1. The van der Waals surface area contributed by atoms with Crippen molar-refractivity contribution in [3.05, 3.63) is 50.0 Å². The van der Waals surface area contributed by atoms with Crippen LogP contribution in [-0.2, 0) is 6.54 Å². The summed E-state index contributed by atoms with van der Waals surface area (Å²) in [5.74, 6) is 4.78. The number of hydrogen-bond donors (Lipinski definition) is 3. The van der Waals surface area contributed by atoms with Crippen molar-refractivity contribution in [3.63, 3.8) is 0 Å². The van der Waals surface area contributed by atoms with Crippen LogP contribution in [0.2, 0.25) is 0 Å². The van der Waals surface area contributed by atoms with Gasteiger partial charge in [-0.2, -0.15) is 0 Å². The number of benzene rings is 1. The third kappa shape index (κ3) is 3.52. The molecule has 21 heavy (non-hydrogen) atoms. The maximum absolute atomic E-state index is 12.0. The van der Waals surface area contributed by atoms with Gasteiger partial charge in [-0.25, -0.2) is 4.98 Å². The second-order valence-electron chi connectivity index (χ2n) is 4.20. The summed E-state index contributed by atoms with van der Waals surface area (Å²) in [6.07, 6.45) is 0. The largest absolute Gasteiger partial charge is 0.346 e. The van der Waals surface area contributed by atoms with Gasteiger partial charge < -0.3 is 10.7 Å². The lowest BCUT2D eigenvalue weighted by Gasteiger charge is -2.06. The van der Waals surface area contributed by atoms with E-state index in [1.807, 2.05) is 12.3 Å². The molecule has 0 aliphatic carbocycles. The zero-order chi connectivity index (χ0) is 15.4. The Morgan fingerprint density at radius 2 is 2.29 bits per heavy atom. The fourth-order valence-corrected chi connectivity index (χ4v) is 2.40. The molecule has 0 fully saturated rings. The van der Waals surface area contributed by atoms with Crippen LogP contribution in [-0.4, -0.2) is 15.8 Å². The van der Waals surface area contributed by atoms with Crippen LogP contribution < -0.4 is 16.6 Å². The number of nitrogens with one attached hydrogen (secondary N) is 2. The van der Waals surface area contributed by atoms with Gasteiger partial charge in [0.1, 0.15) is 10.7 Å². The van der Waals surface area contributed by atoms with E-state index in [-0.39, 0.29) is 23.5 Å². The Hall–Kier alpha value is -2.52. The molecule has 0 unspecified atom stereocenters. The Labute approximate surface area is 124 Å². The summed E-state index contributed by atoms with van der Waals surface area (Å²) in [4.78, 5) is 26.5. The standard InChI is InChI=1S/C12H13N5O3S/c1-7-6-21-11(15-7)5-14-12(18)8-2-3-9(16-13)10(4-8)17(19)20/h2-4,6,16H,5,13H2,1H3,(H,14,18). The van der Waals surface area contributed by atoms with Crippen molar-refractivity contribution < 1.29 is 9.72 Å². The Morgan fingerprint density at radius 1 is 1.52 bits per heavy atom. The monoisotopic (exact) mass is 307 g/mol. The number of nitrogens with two attached hydrogens (primary N) is 1. The fourth-order valence-electron chi connectivity index (χ4n) is 1.69. The molecule has 0 radical (unpaired) electrons. The average Bonchev–Trinajstić information content (AvgIpc) is 2.89. The second-order valence-corrected chi connectivity index (χ2v) is 5.14. The molecule has 2 aromatic rings. The van der Waals surface area contributed by atoms with E-state index >= 15 is 0 Å². The lowest BCUT2D eigenvalue weighted by atomic mass is 10.1. The molecule has 0 saturated heterocycles. The topological polar surface area (TPSA) is 123 Å². The van der Waals surface area contributed by atoms with E-state index in [9.17, 15) is 14.9 Å². The number of anilines is 1. The predicted molar refractivity (Wildman–Crippen MR) is 78.9 cm³/mol. The van der Waals surface area contributed by atoms with E-state index in [2.05, 4.69) is 15.7 Å². The Bertz CT molecular complexity index is 685. The Morgan fingerprint density at radius 3 is 2.86 bits per heavy atom. The van der Waals surface area contributed by atoms with Gasteiger partial charge in [0.15, 0.2) is 0 Å². The number of nitro benzene ring substituents is 1. The lowest BCUT2D eigenvalue weighted by Crippen LogP contribution is -2.23. The number of nitrogens with zero attached hydrogens (tertiary/aromatic N) is 2. The number of carbonyl (C=O) groups excluding carboxylic acids is 1. The molecule has 1 amide bonds. The first-order chi connectivity index (χ1) is 10.0. The zero-order valence-electron chi connectivity index (χ0n) is 11.1. The van der Waals surface area contributed by atoms with Crippen LogP contribution in [0, 0.1) is 17.0 Å². The van der Waals surface area contributed by atoms with E-state index in [0.717, 1.165) is 10.7 Å². The first-order valence-corrected chi connectivity index (χ1v) is 6.83. The molecule has 0 atom stereocenters. The number of rotatable bonds is 5. The number of hydrogen-bond acceptors (Lipinski definition) is 7. The van der Waals surface area contributed by atoms with Crippen molar-refractivity contribution in [3.8, 4) is 0 Å². The van der Waals surface area contributed by atoms with Gasteiger partial charge in [0.2, 0.25) is 0 Å². The maximum atomic E-state index is 12.0. The van der Waals surface area contributed by atoms with Crippen LogP contribution in [0.1, 0.15) is 21.1 Å². The van der Waals surface area contributed by atoms with Gasteiger partial charge in [-0.1, -0.05) is 0 Å². The van der Waals surface area contributed by atoms with Crippen LogP contribution in [0.3, 0.4) is 0 Å². The van der Waals surface area contributed by atoms with Gasteiger partial charge in [-0.05, 0) is 19.1 Å². The molecule has 9 heteroatoms. The van der Waals surface area contributed by atoms with Crippen molar-refractivity contribution >= 4 is 28.6 Å². The SMILES string of the molecule is Cc1csc(CNC(=O)c2ccc(NN)c([N+](=O)[O-])c2)n1. The van der Waals surface area contributed by atoms with E-state index in [4.69, 9.17) is 5.84 Å². The molecule has 4 N–H and O–H groups in total. The molecule has 0 bridgehead atoms. The lowest BCUT2D eigenvalue weighted by molar-refractivity contribution is -0.384. The van der Waals surface area contributed by atoms with Gasteiger partial charge in [-0.3, -0.25) is 20.8 Å². The highest BCUT2D eigenvalue weighted by Crippen LogP contribution is 2.24. The second kappa shape index (κ2) is 6.29. The number of hydrazine groups is 1. The van der Waals surface area contributed by atoms with Gasteiger partial charge >= 0.3 is 0 Å². The number of aryl methyl sites for hydroxylation is 1. The van der Waals surface area contributed by atoms with E-state index in [1.165, 1.54) is 29.5 Å². The third-order valence-corrected chi connectivity index (χ3v) is 3.65. The molecule has 110 valence electrons. The van der Waals surface area contributed by atoms with Crippen molar-refractivity contribution in [1.82, 2.24) is 10.3 Å². The molecular weight excluding hydrogens is 294 g/mol. The molecule has 0 aliphatic rings. The first kappa shape index (κ1) is 14.9. The van der Waals surface area contributed by atoms with Gasteiger partial charge in [0.25, 0.3) is 11.6 Å². The van der Waals surface area contributed by atoms with E-state index in [0.29, 0.717) is 0 Å². The minimum atomic E-state index is -0.601. The van der Waals surface area contributed by atoms with Crippen molar-refractivity contribution in [2.75, 3.05) is 5.43 Å². The van der Waals surface area contributed by atoms with Crippen LogP contribution >= 0.6 is 11.3 Å². The highest BCUT2D eigenvalue weighted by atomic mass is 32.1. The summed E-state index contributed by atoms with van der Waals surface area (Å²) in [6.45, 7) is 2.14.